The summed E-state index contributed by atoms with van der Waals surface area (Å²) < 4.78 is 41.3. The Bertz CT molecular complexity index is 2050. The minimum atomic E-state index is -3.62. The molecular weight excluding hydrogens is 718 g/mol. The largest absolute Gasteiger partial charge is 0.490 e. The molecule has 3 aromatic rings. The number of halogens is 1. The van der Waals surface area contributed by atoms with E-state index < -0.39 is 28.0 Å². The molecule has 2 bridgehead atoms. The first-order valence-electron chi connectivity index (χ1n) is 18.8. The van der Waals surface area contributed by atoms with Gasteiger partial charge < -0.3 is 24.2 Å². The quantitative estimate of drug-likeness (QED) is 0.344. The summed E-state index contributed by atoms with van der Waals surface area (Å²) in [6.07, 6.45) is 7.51. The van der Waals surface area contributed by atoms with Crippen LogP contribution in [0.4, 0.5) is 5.69 Å². The molecule has 3 aliphatic heterocycles. The first-order valence-corrected chi connectivity index (χ1v) is 20.8. The topological polar surface area (TPSA) is 145 Å². The lowest BCUT2D eigenvalue weighted by atomic mass is 9.66. The number of anilines is 1. The van der Waals surface area contributed by atoms with E-state index in [1.807, 2.05) is 19.1 Å². The molecule has 0 radical (unpaired) electrons. The number of carbonyl (C=O) groups is 2. The molecule has 284 valence electrons. The normalized spacial score (nSPS) is 32.6. The zero-order valence-electron chi connectivity index (χ0n) is 30.5. The second kappa shape index (κ2) is 14.2. The molecule has 2 unspecified atom stereocenters. The third-order valence-corrected chi connectivity index (χ3v) is 14.4. The van der Waals surface area contributed by atoms with E-state index in [4.69, 9.17) is 25.8 Å². The molecule has 2 aliphatic carbocycles. The van der Waals surface area contributed by atoms with Crippen molar-refractivity contribution in [2.24, 2.45) is 35.1 Å². The maximum absolute atomic E-state index is 14.7. The number of benzene rings is 2. The molecule has 2 amide bonds. The Morgan fingerprint density at radius 1 is 1.15 bits per heavy atom. The average Bonchev–Trinajstić information content (AvgIpc) is 3.63. The fraction of sp³-hybridized carbons (Fsp3) is 0.564. The molecule has 1 saturated carbocycles. The molecule has 14 heteroatoms. The highest BCUT2D eigenvalue weighted by molar-refractivity contribution is 7.92. The van der Waals surface area contributed by atoms with Gasteiger partial charge in [0.25, 0.3) is 11.8 Å². The SMILES string of the molecule is COc1nn(C)cc1C(=O)NS1(=O)=NC(=O)c2ccc3c(c2)N(C[C@@H]2CC[C@H]2[C@H]2OC(O)C[C@@H]2CC[C@H](C)C1)C[C@@]1(CCCc2cc(Cl)ccc21)CO3. The van der Waals surface area contributed by atoms with Gasteiger partial charge in [0.05, 0.1) is 31.3 Å². The van der Waals surface area contributed by atoms with Crippen molar-refractivity contribution >= 4 is 39.0 Å². The van der Waals surface area contributed by atoms with Gasteiger partial charge in [0.2, 0.25) is 5.88 Å². The van der Waals surface area contributed by atoms with E-state index in [9.17, 15) is 18.9 Å². The lowest BCUT2D eigenvalue weighted by molar-refractivity contribution is -0.128. The maximum atomic E-state index is 14.7. The number of aryl methyl sites for hydroxylation is 2. The van der Waals surface area contributed by atoms with Crippen LogP contribution in [0.25, 0.3) is 0 Å². The van der Waals surface area contributed by atoms with E-state index in [1.165, 1.54) is 29.1 Å². The van der Waals surface area contributed by atoms with Crippen LogP contribution in [0.15, 0.2) is 47.0 Å². The van der Waals surface area contributed by atoms with Crippen LogP contribution in [0.5, 0.6) is 11.6 Å². The number of fused-ring (bicyclic) bond motifs is 6. The van der Waals surface area contributed by atoms with Crippen molar-refractivity contribution in [3.05, 3.63) is 69.9 Å². The first-order chi connectivity index (χ1) is 25.4. The zero-order valence-corrected chi connectivity index (χ0v) is 32.0. The molecule has 1 saturated heterocycles. The van der Waals surface area contributed by atoms with Crippen LogP contribution in [0, 0.1) is 23.7 Å². The van der Waals surface area contributed by atoms with Crippen LogP contribution < -0.4 is 19.1 Å². The summed E-state index contributed by atoms with van der Waals surface area (Å²) in [5.74, 6) is -0.0872. The third kappa shape index (κ3) is 7.05. The molecule has 4 heterocycles. The van der Waals surface area contributed by atoms with Gasteiger partial charge in [-0.15, -0.1) is 9.46 Å². The number of aliphatic hydroxyl groups is 1. The Morgan fingerprint density at radius 2 is 1.98 bits per heavy atom. The second-order valence-electron chi connectivity index (χ2n) is 15.9. The summed E-state index contributed by atoms with van der Waals surface area (Å²) in [4.78, 5) is 30.1. The molecule has 12 nitrogen and oxygen atoms in total. The van der Waals surface area contributed by atoms with Gasteiger partial charge in [0.15, 0.2) is 6.29 Å². The summed E-state index contributed by atoms with van der Waals surface area (Å²) in [6.45, 7) is 3.85. The number of ether oxygens (including phenoxy) is 3. The number of rotatable bonds is 3. The van der Waals surface area contributed by atoms with E-state index in [2.05, 4.69) is 31.2 Å². The number of aliphatic hydroxyl groups excluding tert-OH is 1. The van der Waals surface area contributed by atoms with Crippen molar-refractivity contribution in [2.75, 3.05) is 37.5 Å². The van der Waals surface area contributed by atoms with Crippen LogP contribution in [-0.4, -0.2) is 75.9 Å². The zero-order chi connectivity index (χ0) is 37.1. The van der Waals surface area contributed by atoms with E-state index in [1.54, 1.807) is 19.2 Å². The smallest absolute Gasteiger partial charge is 0.286 e. The summed E-state index contributed by atoms with van der Waals surface area (Å²) in [5, 5.41) is 15.6. The molecule has 1 spiro atoms. The van der Waals surface area contributed by atoms with E-state index in [0.29, 0.717) is 37.7 Å². The Labute approximate surface area is 315 Å². The number of nitrogens with one attached hydrogen (secondary N) is 1. The van der Waals surface area contributed by atoms with Crippen LogP contribution in [0.3, 0.4) is 0 Å². The van der Waals surface area contributed by atoms with Crippen molar-refractivity contribution < 1.29 is 33.1 Å². The van der Waals surface area contributed by atoms with Gasteiger partial charge in [-0.25, -0.2) is 4.21 Å². The Hall–Kier alpha value is -3.65. The van der Waals surface area contributed by atoms with Gasteiger partial charge in [0.1, 0.15) is 21.2 Å². The molecule has 1 aromatic heterocycles. The standard InChI is InChI=1S/C39H48ClN5O7S/c1-23-6-7-25-17-34(46)52-35(25)29-11-8-27(29)18-45-21-39(14-4-5-24-15-28(40)10-12-31(24)39)22-51-33-13-9-26(16-32(33)45)36(47)42-53(49,20-23)43-37(48)30-19-44(2)41-38(30)50-3/h9-10,12-13,15-16,19,23,25,27,29,34-35,46H,4-8,11,14,17-18,20-22H2,1-3H3,(H,42,43,47,48,49)/t23-,25-,27-,29+,34?,35-,39-,53?/m0/s1. The number of methoxy groups -OCH3 is 1. The van der Waals surface area contributed by atoms with Gasteiger partial charge in [-0.1, -0.05) is 24.6 Å². The third-order valence-electron chi connectivity index (χ3n) is 12.2. The number of carbonyl (C=O) groups excluding carboxylic acids is 2. The number of hydrogen-bond acceptors (Lipinski definition) is 9. The molecule has 2 fully saturated rings. The molecule has 2 N–H and O–H groups in total. The van der Waals surface area contributed by atoms with E-state index in [0.717, 1.165) is 55.8 Å². The van der Waals surface area contributed by atoms with Crippen LogP contribution in [-0.2, 0) is 33.5 Å². The minimum absolute atomic E-state index is 0.0357. The van der Waals surface area contributed by atoms with Crippen molar-refractivity contribution in [3.63, 3.8) is 0 Å². The molecule has 53 heavy (non-hydrogen) atoms. The highest BCUT2D eigenvalue weighted by Gasteiger charge is 2.48. The van der Waals surface area contributed by atoms with E-state index in [-0.39, 0.29) is 52.0 Å². The molecule has 2 aromatic carbocycles. The van der Waals surface area contributed by atoms with Crippen LogP contribution in [0.2, 0.25) is 5.02 Å². The lowest BCUT2D eigenvalue weighted by Gasteiger charge is -2.46. The average molecular weight is 766 g/mol. The fourth-order valence-corrected chi connectivity index (χ4v) is 11.6. The second-order valence-corrected chi connectivity index (χ2v) is 18.3. The van der Waals surface area contributed by atoms with Gasteiger partial charge >= 0.3 is 0 Å². The molecular formula is C39H48ClN5O7S. The van der Waals surface area contributed by atoms with Crippen molar-refractivity contribution in [2.45, 2.75) is 76.1 Å². The van der Waals surface area contributed by atoms with Gasteiger partial charge in [0, 0.05) is 48.8 Å². The maximum Gasteiger partial charge on any atom is 0.286 e. The van der Waals surface area contributed by atoms with Gasteiger partial charge in [-0.05, 0) is 110 Å². The van der Waals surface area contributed by atoms with E-state index >= 15 is 0 Å². The fourth-order valence-electron chi connectivity index (χ4n) is 9.49. The number of amides is 2. The monoisotopic (exact) mass is 765 g/mol. The Morgan fingerprint density at radius 3 is 2.77 bits per heavy atom. The number of nitrogens with zero attached hydrogens (tertiary/aromatic N) is 4. The Balaban J connectivity index is 1.21. The molecule has 8 atom stereocenters. The lowest BCUT2D eigenvalue weighted by Crippen LogP contribution is -2.50. The molecule has 5 aliphatic rings. The first kappa shape index (κ1) is 36.3. The van der Waals surface area contributed by atoms with Crippen LogP contribution >= 0.6 is 11.6 Å². The van der Waals surface area contributed by atoms with Crippen molar-refractivity contribution in [1.82, 2.24) is 14.5 Å². The van der Waals surface area contributed by atoms with Crippen LogP contribution in [0.1, 0.15) is 83.7 Å². The molecule has 8 rings (SSSR count). The highest BCUT2D eigenvalue weighted by atomic mass is 35.5. The number of aromatic nitrogens is 2. The van der Waals surface area contributed by atoms with Crippen molar-refractivity contribution in [1.29, 1.82) is 0 Å². The minimum Gasteiger partial charge on any atom is -0.490 e. The van der Waals surface area contributed by atoms with Crippen molar-refractivity contribution in [3.8, 4) is 11.6 Å². The predicted molar refractivity (Wildman–Crippen MR) is 201 cm³/mol. The summed E-state index contributed by atoms with van der Waals surface area (Å²) in [5.41, 5.74) is 3.34. The Kier molecular flexibility index (Phi) is 9.74. The highest BCUT2D eigenvalue weighted by Crippen LogP contribution is 2.49. The number of hydrogen-bond donors (Lipinski definition) is 2. The van der Waals surface area contributed by atoms with Gasteiger partial charge in [-0.3, -0.25) is 19.0 Å². The summed E-state index contributed by atoms with van der Waals surface area (Å²) >= 11 is 6.47. The summed E-state index contributed by atoms with van der Waals surface area (Å²) in [6, 6.07) is 11.5. The summed E-state index contributed by atoms with van der Waals surface area (Å²) in [7, 11) is -0.568. The van der Waals surface area contributed by atoms with Gasteiger partial charge in [-0.2, -0.15) is 0 Å². The predicted octanol–water partition coefficient (Wildman–Crippen LogP) is 5.69.